The minimum atomic E-state index is 0.977. The average molecular weight is 282 g/mol. The maximum absolute atomic E-state index is 4.76. The van der Waals surface area contributed by atoms with E-state index in [0.29, 0.717) is 0 Å². The standard InChI is InChI=1S/C16H34N4/c1-3-18-20(19-4-2)15-11-6-5-10-14-17-16-12-8-7-9-13-16/h18-19H,3-15H2,1-2H3. The van der Waals surface area contributed by atoms with E-state index in [2.05, 4.69) is 29.8 Å². The molecular weight excluding hydrogens is 248 g/mol. The molecule has 1 aliphatic carbocycles. The Bertz CT molecular complexity index is 239. The molecule has 0 heterocycles. The number of unbranched alkanes of at least 4 members (excludes halogenated alkanes) is 3. The average Bonchev–Trinajstić information content (AvgIpc) is 2.47. The number of aliphatic imine (C=N–C) groups is 1. The van der Waals surface area contributed by atoms with Crippen LogP contribution in [0.3, 0.4) is 0 Å². The first-order valence-corrected chi connectivity index (χ1v) is 8.63. The molecule has 0 aromatic heterocycles. The van der Waals surface area contributed by atoms with E-state index in [1.807, 2.05) is 0 Å². The maximum Gasteiger partial charge on any atom is 0.0388 e. The fourth-order valence-corrected chi connectivity index (χ4v) is 2.69. The molecule has 20 heavy (non-hydrogen) atoms. The molecule has 0 spiro atoms. The van der Waals surface area contributed by atoms with E-state index >= 15 is 0 Å². The van der Waals surface area contributed by atoms with E-state index in [1.165, 1.54) is 63.5 Å². The van der Waals surface area contributed by atoms with Crippen molar-refractivity contribution in [2.24, 2.45) is 4.99 Å². The molecule has 0 radical (unpaired) electrons. The predicted octanol–water partition coefficient (Wildman–Crippen LogP) is 3.30. The first-order chi connectivity index (χ1) is 9.86. The SMILES string of the molecule is CCNN(CCCCCCN=C1CCCCC1)NCC. The summed E-state index contributed by atoms with van der Waals surface area (Å²) in [7, 11) is 0. The van der Waals surface area contributed by atoms with Gasteiger partial charge in [0.25, 0.3) is 0 Å². The van der Waals surface area contributed by atoms with Crippen molar-refractivity contribution in [1.29, 1.82) is 0 Å². The van der Waals surface area contributed by atoms with Gasteiger partial charge in [0.05, 0.1) is 0 Å². The van der Waals surface area contributed by atoms with Gasteiger partial charge in [-0.25, -0.2) is 10.9 Å². The van der Waals surface area contributed by atoms with Crippen LogP contribution in [0.5, 0.6) is 0 Å². The molecule has 0 amide bonds. The highest BCUT2D eigenvalue weighted by atomic mass is 15.7. The van der Waals surface area contributed by atoms with Gasteiger partial charge in [0.15, 0.2) is 0 Å². The molecule has 4 nitrogen and oxygen atoms in total. The number of hydrogen-bond acceptors (Lipinski definition) is 4. The molecule has 0 saturated heterocycles. The zero-order chi connectivity index (χ0) is 14.5. The summed E-state index contributed by atoms with van der Waals surface area (Å²) in [6.45, 7) is 8.36. The minimum Gasteiger partial charge on any atom is -0.294 e. The monoisotopic (exact) mass is 282 g/mol. The van der Waals surface area contributed by atoms with E-state index in [-0.39, 0.29) is 0 Å². The van der Waals surface area contributed by atoms with Crippen molar-refractivity contribution in [2.45, 2.75) is 71.6 Å². The molecule has 0 atom stereocenters. The van der Waals surface area contributed by atoms with Gasteiger partial charge in [0, 0.05) is 31.9 Å². The predicted molar refractivity (Wildman–Crippen MR) is 87.9 cm³/mol. The van der Waals surface area contributed by atoms with Gasteiger partial charge in [0.2, 0.25) is 0 Å². The van der Waals surface area contributed by atoms with E-state index in [4.69, 9.17) is 4.99 Å². The highest BCUT2D eigenvalue weighted by molar-refractivity contribution is 5.84. The lowest BCUT2D eigenvalue weighted by Crippen LogP contribution is -2.48. The molecule has 0 unspecified atom stereocenters. The molecule has 118 valence electrons. The fourth-order valence-electron chi connectivity index (χ4n) is 2.69. The van der Waals surface area contributed by atoms with Gasteiger partial charge in [-0.2, -0.15) is 5.12 Å². The summed E-state index contributed by atoms with van der Waals surface area (Å²) in [6.07, 6.45) is 11.8. The Labute approximate surface area is 125 Å². The topological polar surface area (TPSA) is 39.7 Å². The van der Waals surface area contributed by atoms with E-state index < -0.39 is 0 Å². The summed E-state index contributed by atoms with van der Waals surface area (Å²) in [6, 6.07) is 0. The smallest absolute Gasteiger partial charge is 0.0388 e. The Morgan fingerprint density at radius 3 is 2.20 bits per heavy atom. The fraction of sp³-hybridized carbons (Fsp3) is 0.938. The quantitative estimate of drug-likeness (QED) is 0.451. The van der Waals surface area contributed by atoms with Crippen molar-refractivity contribution in [3.8, 4) is 0 Å². The molecule has 0 bridgehead atoms. The van der Waals surface area contributed by atoms with Crippen molar-refractivity contribution < 1.29 is 0 Å². The van der Waals surface area contributed by atoms with Crippen molar-refractivity contribution in [3.63, 3.8) is 0 Å². The third-order valence-electron chi connectivity index (χ3n) is 3.75. The molecule has 1 saturated carbocycles. The molecule has 1 aliphatic rings. The summed E-state index contributed by atoms with van der Waals surface area (Å²) in [5.41, 5.74) is 8.15. The number of nitrogens with zero attached hydrogens (tertiary/aromatic N) is 2. The molecular formula is C16H34N4. The van der Waals surface area contributed by atoms with Gasteiger partial charge >= 0.3 is 0 Å². The van der Waals surface area contributed by atoms with Gasteiger partial charge in [-0.05, 0) is 38.5 Å². The zero-order valence-corrected chi connectivity index (χ0v) is 13.6. The second kappa shape index (κ2) is 12.3. The van der Waals surface area contributed by atoms with Gasteiger partial charge in [0.1, 0.15) is 0 Å². The van der Waals surface area contributed by atoms with Crippen LogP contribution in [0.25, 0.3) is 0 Å². The summed E-state index contributed by atoms with van der Waals surface area (Å²) in [5, 5.41) is 2.13. The van der Waals surface area contributed by atoms with Gasteiger partial charge in [-0.1, -0.05) is 33.1 Å². The largest absolute Gasteiger partial charge is 0.294 e. The van der Waals surface area contributed by atoms with Gasteiger partial charge < -0.3 is 0 Å². The Morgan fingerprint density at radius 2 is 1.55 bits per heavy atom. The number of hydrogen-bond donors (Lipinski definition) is 2. The number of hydrazine groups is 2. The lowest BCUT2D eigenvalue weighted by atomic mass is 9.98. The second-order valence-corrected chi connectivity index (χ2v) is 5.60. The van der Waals surface area contributed by atoms with E-state index in [9.17, 15) is 0 Å². The van der Waals surface area contributed by atoms with Crippen LogP contribution in [0.2, 0.25) is 0 Å². The first-order valence-electron chi connectivity index (χ1n) is 8.63. The van der Waals surface area contributed by atoms with Crippen LogP contribution in [0, 0.1) is 0 Å². The Hall–Kier alpha value is -0.450. The van der Waals surface area contributed by atoms with Crippen LogP contribution >= 0.6 is 0 Å². The van der Waals surface area contributed by atoms with Crippen molar-refractivity contribution in [1.82, 2.24) is 16.0 Å². The third-order valence-corrected chi connectivity index (χ3v) is 3.75. The minimum absolute atomic E-state index is 0.977. The van der Waals surface area contributed by atoms with Crippen molar-refractivity contribution in [2.75, 3.05) is 26.2 Å². The van der Waals surface area contributed by atoms with Gasteiger partial charge in [-0.15, -0.1) is 0 Å². The Balaban J connectivity index is 1.95. The van der Waals surface area contributed by atoms with E-state index in [0.717, 1.165) is 26.2 Å². The molecule has 0 aliphatic heterocycles. The van der Waals surface area contributed by atoms with Crippen LogP contribution in [0.15, 0.2) is 4.99 Å². The third kappa shape index (κ3) is 8.67. The summed E-state index contributed by atoms with van der Waals surface area (Å²) in [4.78, 5) is 4.76. The lowest BCUT2D eigenvalue weighted by Gasteiger charge is -2.22. The van der Waals surface area contributed by atoms with Crippen LogP contribution in [-0.2, 0) is 0 Å². The molecule has 1 fully saturated rings. The second-order valence-electron chi connectivity index (χ2n) is 5.60. The zero-order valence-electron chi connectivity index (χ0n) is 13.6. The normalized spacial score (nSPS) is 15.8. The summed E-state index contributed by atoms with van der Waals surface area (Å²) < 4.78 is 0. The molecule has 2 N–H and O–H groups in total. The van der Waals surface area contributed by atoms with Crippen LogP contribution in [-0.4, -0.2) is 37.0 Å². The Morgan fingerprint density at radius 1 is 0.900 bits per heavy atom. The lowest BCUT2D eigenvalue weighted by molar-refractivity contribution is 0.117. The van der Waals surface area contributed by atoms with E-state index in [1.54, 1.807) is 0 Å². The first kappa shape index (κ1) is 17.6. The van der Waals surface area contributed by atoms with Crippen molar-refractivity contribution >= 4 is 5.71 Å². The molecule has 4 heteroatoms. The molecule has 0 aromatic carbocycles. The van der Waals surface area contributed by atoms with Crippen LogP contribution < -0.4 is 10.9 Å². The Kier molecular flexibility index (Phi) is 10.8. The summed E-state index contributed by atoms with van der Waals surface area (Å²) >= 11 is 0. The van der Waals surface area contributed by atoms with Crippen LogP contribution in [0.4, 0.5) is 0 Å². The highest BCUT2D eigenvalue weighted by Crippen LogP contribution is 2.15. The maximum atomic E-state index is 4.76. The molecule has 0 aromatic rings. The van der Waals surface area contributed by atoms with Gasteiger partial charge in [-0.3, -0.25) is 4.99 Å². The number of rotatable bonds is 11. The number of nitrogens with one attached hydrogen (secondary N) is 2. The van der Waals surface area contributed by atoms with Crippen LogP contribution in [0.1, 0.15) is 71.6 Å². The highest BCUT2D eigenvalue weighted by Gasteiger charge is 2.05. The molecule has 1 rings (SSSR count). The van der Waals surface area contributed by atoms with Crippen molar-refractivity contribution in [3.05, 3.63) is 0 Å². The summed E-state index contributed by atoms with van der Waals surface area (Å²) in [5.74, 6) is 0.